The molecule has 34 heavy (non-hydrogen) atoms. The number of carbonyl (C=O) groups excluding carboxylic acids is 2. The van der Waals surface area contributed by atoms with Crippen molar-refractivity contribution in [3.63, 3.8) is 0 Å². The molecule has 0 bridgehead atoms. The van der Waals surface area contributed by atoms with Crippen molar-refractivity contribution in [1.29, 1.82) is 0 Å². The number of hydrogen-bond acceptors (Lipinski definition) is 4. The van der Waals surface area contributed by atoms with Gasteiger partial charge in [0, 0.05) is 27.8 Å². The van der Waals surface area contributed by atoms with Gasteiger partial charge in [-0.2, -0.15) is 0 Å². The molecule has 1 aliphatic rings. The molecule has 4 aromatic rings. The van der Waals surface area contributed by atoms with Crippen LogP contribution in [0.4, 0.5) is 11.4 Å². The zero-order valence-corrected chi connectivity index (χ0v) is 19.0. The number of anilines is 2. The minimum absolute atomic E-state index is 0.0415. The van der Waals surface area contributed by atoms with Crippen molar-refractivity contribution in [2.24, 2.45) is 0 Å². The van der Waals surface area contributed by atoms with E-state index in [4.69, 9.17) is 21.1 Å². The van der Waals surface area contributed by atoms with Crippen LogP contribution in [0.5, 0.6) is 11.5 Å². The highest BCUT2D eigenvalue weighted by molar-refractivity contribution is 6.30. The maximum Gasteiger partial charge on any atom is 0.265 e. The summed E-state index contributed by atoms with van der Waals surface area (Å²) in [4.78, 5) is 30.1. The van der Waals surface area contributed by atoms with Gasteiger partial charge in [-0.05, 0) is 54.1 Å². The average molecular weight is 476 g/mol. The highest BCUT2D eigenvalue weighted by Crippen LogP contribution is 2.34. The van der Waals surface area contributed by atoms with Gasteiger partial charge in [0.15, 0.2) is 6.61 Å². The Morgan fingerprint density at radius 2 is 1.94 bits per heavy atom. The third-order valence-corrected chi connectivity index (χ3v) is 5.86. The number of nitrogens with zero attached hydrogens (tertiary/aromatic N) is 1. The summed E-state index contributed by atoms with van der Waals surface area (Å²) in [5, 5.41) is 4.58. The Bertz CT molecular complexity index is 1350. The van der Waals surface area contributed by atoms with Crippen molar-refractivity contribution < 1.29 is 19.1 Å². The third kappa shape index (κ3) is 4.70. The molecule has 2 N–H and O–H groups in total. The summed E-state index contributed by atoms with van der Waals surface area (Å²) in [6.45, 7) is 0.592. The van der Waals surface area contributed by atoms with Crippen LogP contribution in [0.1, 0.15) is 5.56 Å². The van der Waals surface area contributed by atoms with E-state index < -0.39 is 0 Å². The molecule has 0 saturated carbocycles. The first-order valence-electron chi connectivity index (χ1n) is 10.9. The maximum absolute atomic E-state index is 12.7. The Morgan fingerprint density at radius 1 is 1.12 bits per heavy atom. The van der Waals surface area contributed by atoms with E-state index in [-0.39, 0.29) is 24.8 Å². The zero-order chi connectivity index (χ0) is 23.5. The van der Waals surface area contributed by atoms with Crippen molar-refractivity contribution in [1.82, 2.24) is 4.98 Å². The van der Waals surface area contributed by atoms with Gasteiger partial charge in [-0.25, -0.2) is 0 Å². The fraction of sp³-hybridized carbons (Fsp3) is 0.154. The fourth-order valence-corrected chi connectivity index (χ4v) is 4.09. The molecule has 172 valence electrons. The molecule has 7 nitrogen and oxygen atoms in total. The van der Waals surface area contributed by atoms with Gasteiger partial charge in [0.05, 0.1) is 18.7 Å². The van der Waals surface area contributed by atoms with Crippen LogP contribution in [0, 0.1) is 0 Å². The Balaban J connectivity index is 1.27. The van der Waals surface area contributed by atoms with Crippen molar-refractivity contribution >= 4 is 45.7 Å². The van der Waals surface area contributed by atoms with Gasteiger partial charge in [0.25, 0.3) is 5.91 Å². The van der Waals surface area contributed by atoms with Gasteiger partial charge in [-0.1, -0.05) is 29.8 Å². The third-order valence-electron chi connectivity index (χ3n) is 5.61. The number of H-pyrrole nitrogens is 1. The zero-order valence-electron chi connectivity index (χ0n) is 18.2. The highest BCUT2D eigenvalue weighted by Gasteiger charge is 2.26. The highest BCUT2D eigenvalue weighted by atomic mass is 35.5. The summed E-state index contributed by atoms with van der Waals surface area (Å²) in [6, 6.07) is 20.2. The first kappa shape index (κ1) is 21.9. The number of ether oxygens (including phenoxy) is 2. The second-order valence-electron chi connectivity index (χ2n) is 7.90. The van der Waals surface area contributed by atoms with Crippen molar-refractivity contribution in [3.8, 4) is 11.5 Å². The second-order valence-corrected chi connectivity index (χ2v) is 8.34. The number of halogens is 1. The van der Waals surface area contributed by atoms with Crippen LogP contribution in [0.25, 0.3) is 10.9 Å². The summed E-state index contributed by atoms with van der Waals surface area (Å²) >= 11 is 5.90. The summed E-state index contributed by atoms with van der Waals surface area (Å²) in [7, 11) is 0. The molecule has 0 unspecified atom stereocenters. The number of aromatic amines is 1. The maximum atomic E-state index is 12.7. The number of nitrogens with one attached hydrogen (secondary N) is 2. The molecule has 0 aliphatic carbocycles. The Hall–Kier alpha value is -3.97. The lowest BCUT2D eigenvalue weighted by Crippen LogP contribution is -2.41. The number of aromatic nitrogens is 1. The Kier molecular flexibility index (Phi) is 6.10. The number of fused-ring (bicyclic) bond motifs is 2. The molecule has 2 heterocycles. The van der Waals surface area contributed by atoms with Crippen LogP contribution >= 0.6 is 11.6 Å². The van der Waals surface area contributed by atoms with E-state index in [0.29, 0.717) is 41.0 Å². The summed E-state index contributed by atoms with van der Waals surface area (Å²) in [5.41, 5.74) is 3.10. The van der Waals surface area contributed by atoms with E-state index in [2.05, 4.69) is 10.3 Å². The molecule has 8 heteroatoms. The van der Waals surface area contributed by atoms with Crippen molar-refractivity contribution in [2.75, 3.05) is 30.0 Å². The van der Waals surface area contributed by atoms with Gasteiger partial charge in [0.1, 0.15) is 18.1 Å². The lowest BCUT2D eigenvalue weighted by molar-refractivity contribution is -0.121. The van der Waals surface area contributed by atoms with E-state index in [0.717, 1.165) is 16.5 Å². The lowest BCUT2D eigenvalue weighted by Gasteiger charge is -2.29. The SMILES string of the molecule is O=C(Cc1c[nH]c2ccccc12)Nc1ccc2c(c1)N(CCOc1ccc(Cl)cc1)C(=O)CO2. The number of hydrogen-bond donors (Lipinski definition) is 2. The Labute approximate surface area is 201 Å². The molecular formula is C26H22ClN3O4. The quantitative estimate of drug-likeness (QED) is 0.402. The fourth-order valence-electron chi connectivity index (χ4n) is 3.97. The molecule has 0 atom stereocenters. The van der Waals surface area contributed by atoms with Crippen LogP contribution in [0.2, 0.25) is 5.02 Å². The molecule has 0 saturated heterocycles. The van der Waals surface area contributed by atoms with Gasteiger partial charge >= 0.3 is 0 Å². The lowest BCUT2D eigenvalue weighted by atomic mass is 10.1. The molecular weight excluding hydrogens is 454 g/mol. The van der Waals surface area contributed by atoms with E-state index in [1.54, 1.807) is 47.4 Å². The van der Waals surface area contributed by atoms with E-state index in [1.165, 1.54) is 0 Å². The van der Waals surface area contributed by atoms with Gasteiger partial charge < -0.3 is 24.7 Å². The van der Waals surface area contributed by atoms with Crippen molar-refractivity contribution in [3.05, 3.63) is 83.5 Å². The molecule has 0 fully saturated rings. The molecule has 1 aromatic heterocycles. The predicted octanol–water partition coefficient (Wildman–Crippen LogP) is 4.81. The smallest absolute Gasteiger partial charge is 0.265 e. The minimum Gasteiger partial charge on any atom is -0.492 e. The number of carbonyl (C=O) groups is 2. The molecule has 1 aliphatic heterocycles. The van der Waals surface area contributed by atoms with Crippen LogP contribution in [-0.2, 0) is 16.0 Å². The number of amides is 2. The topological polar surface area (TPSA) is 83.7 Å². The summed E-state index contributed by atoms with van der Waals surface area (Å²) < 4.78 is 11.3. The second kappa shape index (κ2) is 9.49. The predicted molar refractivity (Wildman–Crippen MR) is 132 cm³/mol. The minimum atomic E-state index is -0.172. The first-order chi connectivity index (χ1) is 16.6. The number of benzene rings is 3. The molecule has 2 amide bonds. The summed E-state index contributed by atoms with van der Waals surface area (Å²) in [5.74, 6) is 0.934. The van der Waals surface area contributed by atoms with Gasteiger partial charge in [0.2, 0.25) is 5.91 Å². The van der Waals surface area contributed by atoms with Crippen LogP contribution in [0.15, 0.2) is 72.9 Å². The largest absolute Gasteiger partial charge is 0.492 e. The first-order valence-corrected chi connectivity index (χ1v) is 11.2. The van der Waals surface area contributed by atoms with Crippen molar-refractivity contribution in [2.45, 2.75) is 6.42 Å². The van der Waals surface area contributed by atoms with Gasteiger partial charge in [-0.3, -0.25) is 9.59 Å². The summed E-state index contributed by atoms with van der Waals surface area (Å²) in [6.07, 6.45) is 2.08. The molecule has 3 aromatic carbocycles. The molecule has 5 rings (SSSR count). The molecule has 0 spiro atoms. The van der Waals surface area contributed by atoms with Crippen LogP contribution in [0.3, 0.4) is 0 Å². The van der Waals surface area contributed by atoms with E-state index in [9.17, 15) is 9.59 Å². The molecule has 0 radical (unpaired) electrons. The standard InChI is InChI=1S/C26H22ClN3O4/c27-18-5-8-20(9-6-18)33-12-11-30-23-14-19(7-10-24(23)34-16-26(30)32)29-25(31)13-17-15-28-22-4-2-1-3-21(17)22/h1-10,14-15,28H,11-13,16H2,(H,29,31). The monoisotopic (exact) mass is 475 g/mol. The Morgan fingerprint density at radius 3 is 2.79 bits per heavy atom. The van der Waals surface area contributed by atoms with Crippen LogP contribution < -0.4 is 19.7 Å². The number of rotatable bonds is 7. The normalized spacial score (nSPS) is 12.9. The average Bonchev–Trinajstić information content (AvgIpc) is 3.24. The number of para-hydroxylation sites is 1. The van der Waals surface area contributed by atoms with Gasteiger partial charge in [-0.15, -0.1) is 0 Å². The van der Waals surface area contributed by atoms with Crippen LogP contribution in [-0.4, -0.2) is 36.6 Å². The van der Waals surface area contributed by atoms with E-state index >= 15 is 0 Å². The van der Waals surface area contributed by atoms with E-state index in [1.807, 2.05) is 30.5 Å².